The van der Waals surface area contributed by atoms with Crippen LogP contribution in [-0.2, 0) is 39.3 Å². The number of carbonyl (C=O) groups is 2. The molecule has 3 atom stereocenters. The van der Waals surface area contributed by atoms with E-state index in [4.69, 9.17) is 14.6 Å². The standard InChI is InChI=1S/C36H41N3O6S/c1-39-20-19-37-36(39)46-24-30-21-32(27-13-11-25(23-40)12-14-27)45-35(44-30)28-17-15-26(16-18-28)31-8-6-5-7-29(31)22-38-33(41)9-3-2-4-10-34(42)43/h5-8,11-20,30,32,35,40H,2-4,9-10,21-24H2,1H3,(H,38,41)(H,42,43)/t30-,32+,35+/m0/s1. The lowest BCUT2D eigenvalue weighted by Crippen LogP contribution is -2.31. The number of nitrogens with zero attached hydrogens (tertiary/aromatic N) is 2. The summed E-state index contributed by atoms with van der Waals surface area (Å²) in [5.74, 6) is -0.111. The van der Waals surface area contributed by atoms with E-state index in [1.54, 1.807) is 18.0 Å². The van der Waals surface area contributed by atoms with Gasteiger partial charge in [0.2, 0.25) is 5.91 Å². The maximum absolute atomic E-state index is 12.4. The van der Waals surface area contributed by atoms with E-state index in [2.05, 4.69) is 22.4 Å². The van der Waals surface area contributed by atoms with Crippen molar-refractivity contribution in [3.05, 3.63) is 107 Å². The molecule has 242 valence electrons. The summed E-state index contributed by atoms with van der Waals surface area (Å²) in [7, 11) is 1.98. The monoisotopic (exact) mass is 643 g/mol. The molecule has 0 spiro atoms. The van der Waals surface area contributed by atoms with E-state index in [9.17, 15) is 14.7 Å². The van der Waals surface area contributed by atoms with Crippen LogP contribution >= 0.6 is 11.8 Å². The van der Waals surface area contributed by atoms with Gasteiger partial charge in [0.15, 0.2) is 11.4 Å². The molecule has 0 saturated carbocycles. The van der Waals surface area contributed by atoms with Crippen LogP contribution < -0.4 is 5.32 Å². The van der Waals surface area contributed by atoms with Gasteiger partial charge < -0.3 is 29.6 Å². The lowest BCUT2D eigenvalue weighted by molar-refractivity contribution is -0.245. The number of hydrogen-bond donors (Lipinski definition) is 3. The summed E-state index contributed by atoms with van der Waals surface area (Å²) >= 11 is 1.66. The number of thioether (sulfide) groups is 1. The first kappa shape index (κ1) is 33.4. The SMILES string of the molecule is Cn1ccnc1SC[C@@H]1C[C@H](c2ccc(CO)cc2)O[C@H](c2ccc(-c3ccccc3CNC(=O)CCCCCC(=O)O)cc2)O1. The predicted octanol–water partition coefficient (Wildman–Crippen LogP) is 6.57. The van der Waals surface area contributed by atoms with Crippen LogP contribution in [0.2, 0.25) is 0 Å². The number of hydrogen-bond acceptors (Lipinski definition) is 7. The maximum atomic E-state index is 12.4. The first-order valence-electron chi connectivity index (χ1n) is 15.7. The van der Waals surface area contributed by atoms with Gasteiger partial charge in [0, 0.05) is 56.6 Å². The zero-order valence-corrected chi connectivity index (χ0v) is 26.8. The molecule has 9 nitrogen and oxygen atoms in total. The van der Waals surface area contributed by atoms with Gasteiger partial charge in [-0.05, 0) is 40.7 Å². The number of carbonyl (C=O) groups excluding carboxylic acids is 1. The summed E-state index contributed by atoms with van der Waals surface area (Å²) in [5.41, 5.74) is 5.89. The zero-order chi connectivity index (χ0) is 32.3. The van der Waals surface area contributed by atoms with Gasteiger partial charge in [-0.1, -0.05) is 91.0 Å². The number of unbranched alkanes of at least 4 members (excludes halogenated alkanes) is 2. The Balaban J connectivity index is 1.25. The molecule has 10 heteroatoms. The fourth-order valence-electron chi connectivity index (χ4n) is 5.48. The van der Waals surface area contributed by atoms with E-state index in [1.807, 2.05) is 78.5 Å². The van der Waals surface area contributed by atoms with E-state index in [0.717, 1.165) is 50.7 Å². The van der Waals surface area contributed by atoms with Gasteiger partial charge in [0.25, 0.3) is 0 Å². The molecule has 0 aliphatic carbocycles. The Morgan fingerprint density at radius 1 is 0.957 bits per heavy atom. The summed E-state index contributed by atoms with van der Waals surface area (Å²) in [5, 5.41) is 22.2. The second-order valence-corrected chi connectivity index (χ2v) is 12.5. The Labute approximate surface area is 274 Å². The van der Waals surface area contributed by atoms with E-state index in [0.29, 0.717) is 32.2 Å². The van der Waals surface area contributed by atoms with Crippen molar-refractivity contribution in [1.29, 1.82) is 0 Å². The third kappa shape index (κ3) is 9.29. The Morgan fingerprint density at radius 3 is 2.41 bits per heavy atom. The molecule has 3 aromatic carbocycles. The van der Waals surface area contributed by atoms with Crippen LogP contribution in [0.3, 0.4) is 0 Å². The molecular weight excluding hydrogens is 602 g/mol. The minimum atomic E-state index is -0.804. The van der Waals surface area contributed by atoms with Crippen molar-refractivity contribution in [2.45, 2.75) is 75.3 Å². The molecule has 4 aromatic rings. The topological polar surface area (TPSA) is 123 Å². The van der Waals surface area contributed by atoms with Crippen LogP contribution in [-0.4, -0.2) is 43.5 Å². The lowest BCUT2D eigenvalue weighted by Gasteiger charge is -2.36. The number of benzene rings is 3. The highest BCUT2D eigenvalue weighted by Gasteiger charge is 2.32. The quantitative estimate of drug-likeness (QED) is 0.0983. The number of ether oxygens (including phenoxy) is 2. The average Bonchev–Trinajstić information content (AvgIpc) is 3.50. The molecule has 1 fully saturated rings. The first-order valence-corrected chi connectivity index (χ1v) is 16.7. The summed E-state index contributed by atoms with van der Waals surface area (Å²) in [6.45, 7) is 0.408. The van der Waals surface area contributed by atoms with Crippen molar-refractivity contribution >= 4 is 23.6 Å². The summed E-state index contributed by atoms with van der Waals surface area (Å²) in [6.07, 6.45) is 6.14. The number of aromatic nitrogens is 2. The number of amides is 1. The Kier molecular flexibility index (Phi) is 12.0. The number of aliphatic hydroxyl groups is 1. The van der Waals surface area contributed by atoms with Gasteiger partial charge >= 0.3 is 5.97 Å². The minimum absolute atomic E-state index is 0.00149. The van der Waals surface area contributed by atoms with Crippen LogP contribution in [0.1, 0.15) is 73.2 Å². The second kappa shape index (κ2) is 16.6. The molecule has 46 heavy (non-hydrogen) atoms. The average molecular weight is 644 g/mol. The van der Waals surface area contributed by atoms with Crippen molar-refractivity contribution in [2.24, 2.45) is 7.05 Å². The molecule has 0 unspecified atom stereocenters. The molecule has 3 N–H and O–H groups in total. The third-order valence-corrected chi connectivity index (χ3v) is 9.26. The molecule has 1 aromatic heterocycles. The molecule has 0 radical (unpaired) electrons. The molecule has 1 aliphatic rings. The van der Waals surface area contributed by atoms with E-state index >= 15 is 0 Å². The second-order valence-electron chi connectivity index (χ2n) is 11.5. The molecule has 0 bridgehead atoms. The lowest BCUT2D eigenvalue weighted by atomic mass is 9.97. The maximum Gasteiger partial charge on any atom is 0.303 e. The number of carboxylic acid groups (broad SMARTS) is 1. The molecule has 1 saturated heterocycles. The van der Waals surface area contributed by atoms with Crippen molar-refractivity contribution in [3.8, 4) is 11.1 Å². The highest BCUT2D eigenvalue weighted by Crippen LogP contribution is 2.40. The van der Waals surface area contributed by atoms with Gasteiger partial charge in [-0.3, -0.25) is 9.59 Å². The van der Waals surface area contributed by atoms with Crippen molar-refractivity contribution < 1.29 is 29.3 Å². The number of aliphatic hydroxyl groups excluding tert-OH is 1. The normalized spacial score (nSPS) is 17.9. The highest BCUT2D eigenvalue weighted by atomic mass is 32.2. The van der Waals surface area contributed by atoms with E-state index < -0.39 is 12.3 Å². The number of rotatable bonds is 15. The number of aryl methyl sites for hydroxylation is 1. The van der Waals surface area contributed by atoms with Crippen molar-refractivity contribution in [3.63, 3.8) is 0 Å². The fraction of sp³-hybridized carbons (Fsp3) is 0.361. The fourth-order valence-corrected chi connectivity index (χ4v) is 6.43. The van der Waals surface area contributed by atoms with Gasteiger partial charge in [-0.15, -0.1) is 0 Å². The van der Waals surface area contributed by atoms with Gasteiger partial charge in [0.1, 0.15) is 0 Å². The number of aliphatic carboxylic acids is 1. The van der Waals surface area contributed by atoms with Gasteiger partial charge in [-0.2, -0.15) is 0 Å². The zero-order valence-electron chi connectivity index (χ0n) is 26.0. The Hall–Kier alpha value is -3.96. The largest absolute Gasteiger partial charge is 0.481 e. The van der Waals surface area contributed by atoms with Gasteiger partial charge in [0.05, 0.1) is 18.8 Å². The molecule has 5 rings (SSSR count). The highest BCUT2D eigenvalue weighted by molar-refractivity contribution is 7.99. The van der Waals surface area contributed by atoms with Crippen molar-refractivity contribution in [2.75, 3.05) is 5.75 Å². The summed E-state index contributed by atoms with van der Waals surface area (Å²) < 4.78 is 15.0. The van der Waals surface area contributed by atoms with E-state index in [-0.39, 0.29) is 31.1 Å². The molecule has 2 heterocycles. The predicted molar refractivity (Wildman–Crippen MR) is 177 cm³/mol. The Bertz CT molecular complexity index is 1570. The van der Waals surface area contributed by atoms with Crippen LogP contribution in [0.5, 0.6) is 0 Å². The van der Waals surface area contributed by atoms with E-state index in [1.165, 1.54) is 0 Å². The number of imidazole rings is 1. The van der Waals surface area contributed by atoms with Crippen LogP contribution in [0.15, 0.2) is 90.3 Å². The smallest absolute Gasteiger partial charge is 0.303 e. The summed E-state index contributed by atoms with van der Waals surface area (Å²) in [4.78, 5) is 27.5. The van der Waals surface area contributed by atoms with Gasteiger partial charge in [-0.25, -0.2) is 4.98 Å². The Morgan fingerprint density at radius 2 is 1.70 bits per heavy atom. The summed E-state index contributed by atoms with van der Waals surface area (Å²) in [6, 6.07) is 24.1. The number of carboxylic acids is 1. The first-order chi connectivity index (χ1) is 22.4. The molecule has 1 amide bonds. The van der Waals surface area contributed by atoms with Crippen LogP contribution in [0, 0.1) is 0 Å². The van der Waals surface area contributed by atoms with Crippen LogP contribution in [0.25, 0.3) is 11.1 Å². The van der Waals surface area contributed by atoms with Crippen LogP contribution in [0.4, 0.5) is 0 Å². The van der Waals surface area contributed by atoms with Crippen molar-refractivity contribution in [1.82, 2.24) is 14.9 Å². The molecule has 1 aliphatic heterocycles. The molecular formula is C36H41N3O6S. The minimum Gasteiger partial charge on any atom is -0.481 e. The number of nitrogens with one attached hydrogen (secondary N) is 1. The third-order valence-electron chi connectivity index (χ3n) is 8.07.